The Morgan fingerprint density at radius 2 is 1.31 bits per heavy atom. The van der Waals surface area contributed by atoms with E-state index in [-0.39, 0.29) is 39.3 Å². The van der Waals surface area contributed by atoms with Gasteiger partial charge in [0.2, 0.25) is 5.69 Å². The van der Waals surface area contributed by atoms with Gasteiger partial charge in [-0.05, 0) is 103 Å². The summed E-state index contributed by atoms with van der Waals surface area (Å²) in [5, 5.41) is 3.35. The number of likely N-dealkylation sites (N-methyl/N-ethyl adjacent to an activating group) is 1. The minimum absolute atomic E-state index is 0. The van der Waals surface area contributed by atoms with Gasteiger partial charge in [0.1, 0.15) is 6.54 Å². The second-order valence-corrected chi connectivity index (χ2v) is 14.5. The van der Waals surface area contributed by atoms with Gasteiger partial charge in [0.05, 0.1) is 15.8 Å². The first-order valence-corrected chi connectivity index (χ1v) is 19.2. The third-order valence-electron chi connectivity index (χ3n) is 8.32. The van der Waals surface area contributed by atoms with Crippen LogP contribution in [0.1, 0.15) is 43.0 Å². The van der Waals surface area contributed by atoms with Crippen LogP contribution in [0.4, 0.5) is 11.4 Å². The van der Waals surface area contributed by atoms with Crippen LogP contribution in [-0.2, 0) is 26.8 Å². The predicted octanol–water partition coefficient (Wildman–Crippen LogP) is 6.68. The molecule has 0 unspecified atom stereocenters. The molecule has 2 radical (unpaired) electrons. The Kier molecular flexibility index (Phi) is 13.9. The van der Waals surface area contributed by atoms with Gasteiger partial charge < -0.3 is 10.2 Å². The molecule has 0 saturated heterocycles. The Morgan fingerprint density at radius 3 is 1.86 bits per heavy atom. The number of allylic oxidation sites excluding steroid dienone is 3. The van der Waals surface area contributed by atoms with Crippen LogP contribution >= 0.6 is 0 Å². The van der Waals surface area contributed by atoms with Crippen molar-refractivity contribution < 1.29 is 30.5 Å². The molecule has 0 fully saturated rings. The number of nitrogens with zero attached hydrogens (tertiary/aromatic N) is 2. The van der Waals surface area contributed by atoms with Crippen molar-refractivity contribution in [2.75, 3.05) is 24.5 Å². The van der Waals surface area contributed by atoms with Crippen LogP contribution in [0.3, 0.4) is 0 Å². The Morgan fingerprint density at radius 1 is 0.745 bits per heavy atom. The summed E-state index contributed by atoms with van der Waals surface area (Å²) in [7, 11) is -8.61. The van der Waals surface area contributed by atoms with E-state index in [1.54, 1.807) is 18.2 Å². The Balaban J connectivity index is 0.00000583. The number of rotatable bonds is 13. The Hall–Kier alpha value is -3.65. The molecule has 0 heterocycles. The van der Waals surface area contributed by atoms with E-state index in [4.69, 9.17) is 0 Å². The predicted molar refractivity (Wildman–Crippen MR) is 205 cm³/mol. The summed E-state index contributed by atoms with van der Waals surface area (Å²) in [6.45, 7) is 8.70. The molecule has 4 aromatic rings. The van der Waals surface area contributed by atoms with Gasteiger partial charge in [-0.1, -0.05) is 61.6 Å². The smallest absolute Gasteiger partial charge is 0.294 e. The average Bonchev–Trinajstić information content (AvgIpc) is 3.11. The molecule has 0 spiro atoms. The molecule has 0 saturated carbocycles. The largest absolute Gasteiger partial charge is 0.367 e. The fraction of sp³-hybridized carbons (Fsp3) is 0.179. The van der Waals surface area contributed by atoms with Crippen molar-refractivity contribution in [2.24, 2.45) is 0 Å². The maximum atomic E-state index is 11.7. The zero-order valence-electron chi connectivity index (χ0n) is 29.2. The van der Waals surface area contributed by atoms with Crippen LogP contribution in [0.25, 0.3) is 5.57 Å². The van der Waals surface area contributed by atoms with Gasteiger partial charge in [-0.15, -0.1) is 0 Å². The second kappa shape index (κ2) is 17.7. The molecule has 0 aliphatic heterocycles. The first-order valence-electron chi connectivity index (χ1n) is 16.3. The molecule has 3 N–H and O–H groups in total. The van der Waals surface area contributed by atoms with Gasteiger partial charge in [-0.3, -0.25) is 9.11 Å². The van der Waals surface area contributed by atoms with Crippen LogP contribution in [-0.4, -0.2) is 85.9 Å². The standard InChI is InChI=1S/C39H40N3O6S2.Na/c1-4-40-34-19-13-31(14-20-34)39(32-15-21-35(22-16-32)41(5-2)27-29-9-7-11-37(25-29)49(43,44)45)33-17-23-36(24-18-33)42(6-3)28-30-10-8-12-38(26-30)50(46,47)48;/h7-27,40H,4-6,28H2,1-3H3,(H-,43,44,45,46,47,48);/p+1. The summed E-state index contributed by atoms with van der Waals surface area (Å²) in [5.74, 6) is 0. The molecular weight excluding hydrogens is 694 g/mol. The van der Waals surface area contributed by atoms with E-state index in [1.807, 2.05) is 42.8 Å². The molecule has 5 rings (SSSR count). The minimum Gasteiger partial charge on any atom is -0.367 e. The first kappa shape index (κ1) is 40.1. The quantitative estimate of drug-likeness (QED) is 0.0602. The molecule has 12 heteroatoms. The van der Waals surface area contributed by atoms with E-state index in [2.05, 4.69) is 77.8 Å². The van der Waals surface area contributed by atoms with Crippen molar-refractivity contribution in [3.8, 4) is 0 Å². The number of anilines is 1. The van der Waals surface area contributed by atoms with Crippen molar-refractivity contribution in [3.63, 3.8) is 0 Å². The summed E-state index contributed by atoms with van der Waals surface area (Å²) in [4.78, 5) is 1.85. The van der Waals surface area contributed by atoms with Gasteiger partial charge in [0.25, 0.3) is 20.2 Å². The number of benzene rings is 4. The summed E-state index contributed by atoms with van der Waals surface area (Å²) in [6.07, 6.45) is 10.2. The maximum absolute atomic E-state index is 11.7. The van der Waals surface area contributed by atoms with E-state index in [0.717, 1.165) is 51.8 Å². The molecule has 0 atom stereocenters. The molecule has 1 aliphatic rings. The van der Waals surface area contributed by atoms with E-state index < -0.39 is 20.2 Å². The SMILES string of the molecule is CCN[C]1C=CC(=C(c2ccc(N(CC)Cc3cccc(S(=O)(=O)O)c3)cc2)c2ccc([N+](=Cc3cccc(S(=O)(=O)O)c3)CC)cc2)C=C1.[Na]. The summed E-state index contributed by atoms with van der Waals surface area (Å²) in [6, 6.07) is 30.0. The summed E-state index contributed by atoms with van der Waals surface area (Å²) < 4.78 is 67.7. The van der Waals surface area contributed by atoms with E-state index >= 15 is 0 Å². The van der Waals surface area contributed by atoms with Crippen LogP contribution in [0.15, 0.2) is 137 Å². The van der Waals surface area contributed by atoms with Crippen LogP contribution < -0.4 is 10.2 Å². The van der Waals surface area contributed by atoms with Crippen LogP contribution in [0.2, 0.25) is 0 Å². The normalized spacial score (nSPS) is 13.6. The Bertz CT molecular complexity index is 2160. The van der Waals surface area contributed by atoms with Crippen LogP contribution in [0.5, 0.6) is 0 Å². The zero-order chi connectivity index (χ0) is 35.9. The second-order valence-electron chi connectivity index (χ2n) is 11.7. The number of nitrogens with one attached hydrogen (secondary N) is 1. The fourth-order valence-electron chi connectivity index (χ4n) is 5.81. The molecule has 0 aromatic heterocycles. The van der Waals surface area contributed by atoms with Crippen molar-refractivity contribution in [3.05, 3.63) is 155 Å². The van der Waals surface area contributed by atoms with Crippen LogP contribution in [0, 0.1) is 6.04 Å². The maximum Gasteiger partial charge on any atom is 0.294 e. The molecule has 9 nitrogen and oxygen atoms in total. The topological polar surface area (TPSA) is 127 Å². The van der Waals surface area contributed by atoms with Crippen molar-refractivity contribution in [2.45, 2.75) is 37.1 Å². The van der Waals surface area contributed by atoms with Gasteiger partial charge in [-0.25, -0.2) is 0 Å². The average molecular weight is 735 g/mol. The zero-order valence-corrected chi connectivity index (χ0v) is 32.8. The van der Waals surface area contributed by atoms with E-state index in [9.17, 15) is 25.9 Å². The molecule has 51 heavy (non-hydrogen) atoms. The fourth-order valence-corrected chi connectivity index (χ4v) is 6.90. The van der Waals surface area contributed by atoms with E-state index in [1.165, 1.54) is 24.3 Å². The van der Waals surface area contributed by atoms with Gasteiger partial charge >= 0.3 is 0 Å². The van der Waals surface area contributed by atoms with Gasteiger partial charge in [0.15, 0.2) is 6.21 Å². The summed E-state index contributed by atoms with van der Waals surface area (Å²) in [5.41, 5.74) is 7.42. The molecule has 0 bridgehead atoms. The molecular formula is C39H41N3NaO6S2+. The number of hydrogen-bond donors (Lipinski definition) is 3. The third kappa shape index (κ3) is 10.5. The van der Waals surface area contributed by atoms with Gasteiger partial charge in [-0.2, -0.15) is 21.4 Å². The molecule has 4 aromatic carbocycles. The van der Waals surface area contributed by atoms with E-state index in [0.29, 0.717) is 25.2 Å². The third-order valence-corrected chi connectivity index (χ3v) is 10.0. The first-order chi connectivity index (χ1) is 23.9. The molecule has 260 valence electrons. The van der Waals surface area contributed by atoms with Crippen molar-refractivity contribution >= 4 is 73.0 Å². The molecule has 1 aliphatic carbocycles. The number of hydrogen-bond acceptors (Lipinski definition) is 6. The van der Waals surface area contributed by atoms with Crippen molar-refractivity contribution in [1.82, 2.24) is 5.32 Å². The molecule has 0 amide bonds. The van der Waals surface area contributed by atoms with Gasteiger partial charge in [0, 0.05) is 66.0 Å². The minimum atomic E-state index is -4.31. The Labute approximate surface area is 323 Å². The van der Waals surface area contributed by atoms with Crippen molar-refractivity contribution in [1.29, 1.82) is 0 Å². The monoisotopic (exact) mass is 734 g/mol. The summed E-state index contributed by atoms with van der Waals surface area (Å²) >= 11 is 0.